The van der Waals surface area contributed by atoms with E-state index in [1.54, 1.807) is 0 Å². The monoisotopic (exact) mass is 176 g/mol. The van der Waals surface area contributed by atoms with Crippen LogP contribution < -0.4 is 11.1 Å². The van der Waals surface area contributed by atoms with Crippen molar-refractivity contribution in [3.05, 3.63) is 23.8 Å². The average Bonchev–Trinajstić information content (AvgIpc) is 2.91. The largest absolute Gasteiger partial charge is 0.397 e. The van der Waals surface area contributed by atoms with Gasteiger partial charge in [-0.3, -0.25) is 0 Å². The number of nitrogens with one attached hydrogen (secondary N) is 1. The van der Waals surface area contributed by atoms with E-state index in [9.17, 15) is 0 Å². The molecule has 2 heteroatoms. The summed E-state index contributed by atoms with van der Waals surface area (Å²) in [5, 5.41) is 3.39. The molecule has 0 heterocycles. The van der Waals surface area contributed by atoms with E-state index in [2.05, 4.69) is 5.32 Å². The Hall–Kier alpha value is -1.18. The zero-order chi connectivity index (χ0) is 9.26. The zero-order valence-corrected chi connectivity index (χ0v) is 8.01. The van der Waals surface area contributed by atoms with Crippen molar-refractivity contribution in [1.82, 2.24) is 0 Å². The van der Waals surface area contributed by atoms with Gasteiger partial charge in [0.2, 0.25) is 0 Å². The number of nitrogen functional groups attached to an aromatic ring is 1. The second kappa shape index (κ2) is 3.29. The smallest absolute Gasteiger partial charge is 0.0579 e. The van der Waals surface area contributed by atoms with E-state index in [1.165, 1.54) is 12.8 Å². The minimum absolute atomic E-state index is 0.889. The van der Waals surface area contributed by atoms with Gasteiger partial charge in [-0.2, -0.15) is 0 Å². The quantitative estimate of drug-likeness (QED) is 0.694. The molecule has 0 saturated heterocycles. The van der Waals surface area contributed by atoms with E-state index >= 15 is 0 Å². The third-order valence-electron chi connectivity index (χ3n) is 2.60. The number of rotatable bonds is 3. The second-order valence-corrected chi connectivity index (χ2v) is 3.86. The molecule has 0 atom stereocenters. The van der Waals surface area contributed by atoms with Gasteiger partial charge in [-0.05, 0) is 37.3 Å². The topological polar surface area (TPSA) is 38.0 Å². The Morgan fingerprint density at radius 1 is 1.46 bits per heavy atom. The van der Waals surface area contributed by atoms with Gasteiger partial charge in [-0.25, -0.2) is 0 Å². The van der Waals surface area contributed by atoms with E-state index < -0.39 is 0 Å². The predicted molar refractivity (Wildman–Crippen MR) is 56.8 cm³/mol. The van der Waals surface area contributed by atoms with Gasteiger partial charge in [0, 0.05) is 6.54 Å². The minimum atomic E-state index is 0.889. The van der Waals surface area contributed by atoms with E-state index in [0.717, 1.165) is 29.4 Å². The molecule has 1 aliphatic rings. The molecular weight excluding hydrogens is 160 g/mol. The molecule has 2 nitrogen and oxygen atoms in total. The van der Waals surface area contributed by atoms with Crippen LogP contribution in [0.5, 0.6) is 0 Å². The van der Waals surface area contributed by atoms with Crippen molar-refractivity contribution >= 4 is 11.4 Å². The lowest BCUT2D eigenvalue weighted by molar-refractivity contribution is 0.889. The molecular formula is C11H16N2. The molecule has 0 aromatic heterocycles. The minimum Gasteiger partial charge on any atom is -0.397 e. The molecule has 13 heavy (non-hydrogen) atoms. The summed E-state index contributed by atoms with van der Waals surface area (Å²) in [6.45, 7) is 3.12. The van der Waals surface area contributed by atoms with Crippen LogP contribution in [0.1, 0.15) is 18.4 Å². The Bertz CT molecular complexity index is 303. The van der Waals surface area contributed by atoms with Crippen LogP contribution in [0.4, 0.5) is 11.4 Å². The van der Waals surface area contributed by atoms with E-state index in [0.29, 0.717) is 0 Å². The van der Waals surface area contributed by atoms with Crippen LogP contribution >= 0.6 is 0 Å². The first-order valence-electron chi connectivity index (χ1n) is 4.86. The van der Waals surface area contributed by atoms with Crippen LogP contribution in [0.15, 0.2) is 18.2 Å². The van der Waals surface area contributed by atoms with Crippen LogP contribution in [0.25, 0.3) is 0 Å². The fourth-order valence-corrected chi connectivity index (χ4v) is 1.41. The number of anilines is 2. The molecule has 3 N–H and O–H groups in total. The molecule has 2 rings (SSSR count). The van der Waals surface area contributed by atoms with Crippen molar-refractivity contribution in [2.45, 2.75) is 19.8 Å². The molecule has 1 aliphatic carbocycles. The zero-order valence-electron chi connectivity index (χ0n) is 8.01. The van der Waals surface area contributed by atoms with Crippen LogP contribution in [-0.4, -0.2) is 6.54 Å². The summed E-state index contributed by atoms with van der Waals surface area (Å²) in [7, 11) is 0. The first-order chi connectivity index (χ1) is 6.27. The van der Waals surface area contributed by atoms with Crippen LogP contribution in [0.3, 0.4) is 0 Å². The molecule has 0 amide bonds. The SMILES string of the molecule is Cc1cccc(NCC2CC2)c1N. The lowest BCUT2D eigenvalue weighted by Crippen LogP contribution is -2.06. The molecule has 0 spiro atoms. The number of benzene rings is 1. The Balaban J connectivity index is 2.05. The van der Waals surface area contributed by atoms with E-state index in [-0.39, 0.29) is 0 Å². The summed E-state index contributed by atoms with van der Waals surface area (Å²) in [6.07, 6.45) is 2.75. The highest BCUT2D eigenvalue weighted by Crippen LogP contribution is 2.30. The van der Waals surface area contributed by atoms with E-state index in [4.69, 9.17) is 5.73 Å². The van der Waals surface area contributed by atoms with Crippen molar-refractivity contribution in [2.75, 3.05) is 17.6 Å². The maximum Gasteiger partial charge on any atom is 0.0579 e. The molecule has 1 fully saturated rings. The van der Waals surface area contributed by atoms with Crippen molar-refractivity contribution in [1.29, 1.82) is 0 Å². The normalized spacial score (nSPS) is 15.8. The summed E-state index contributed by atoms with van der Waals surface area (Å²) in [5.41, 5.74) is 9.06. The summed E-state index contributed by atoms with van der Waals surface area (Å²) < 4.78 is 0. The van der Waals surface area contributed by atoms with Crippen LogP contribution in [0.2, 0.25) is 0 Å². The molecule has 0 aliphatic heterocycles. The van der Waals surface area contributed by atoms with Gasteiger partial charge in [0.15, 0.2) is 0 Å². The fraction of sp³-hybridized carbons (Fsp3) is 0.455. The maximum absolute atomic E-state index is 5.93. The third-order valence-corrected chi connectivity index (χ3v) is 2.60. The van der Waals surface area contributed by atoms with Gasteiger partial charge in [-0.15, -0.1) is 0 Å². The van der Waals surface area contributed by atoms with Gasteiger partial charge in [0.05, 0.1) is 11.4 Å². The highest BCUT2D eigenvalue weighted by atomic mass is 14.9. The highest BCUT2D eigenvalue weighted by Gasteiger charge is 2.20. The van der Waals surface area contributed by atoms with Gasteiger partial charge in [-0.1, -0.05) is 12.1 Å². The Morgan fingerprint density at radius 3 is 2.92 bits per heavy atom. The summed E-state index contributed by atoms with van der Waals surface area (Å²) in [6, 6.07) is 6.13. The number of nitrogens with two attached hydrogens (primary N) is 1. The molecule has 1 saturated carbocycles. The first kappa shape index (κ1) is 8.42. The third kappa shape index (κ3) is 1.94. The summed E-state index contributed by atoms with van der Waals surface area (Å²) in [5.74, 6) is 0.889. The van der Waals surface area contributed by atoms with E-state index in [1.807, 2.05) is 25.1 Å². The molecule has 0 radical (unpaired) electrons. The van der Waals surface area contributed by atoms with Gasteiger partial charge in [0.1, 0.15) is 0 Å². The van der Waals surface area contributed by atoms with Crippen molar-refractivity contribution in [3.63, 3.8) is 0 Å². The summed E-state index contributed by atoms with van der Waals surface area (Å²) >= 11 is 0. The molecule has 0 bridgehead atoms. The second-order valence-electron chi connectivity index (χ2n) is 3.86. The average molecular weight is 176 g/mol. The lowest BCUT2D eigenvalue weighted by atomic mass is 10.1. The number of hydrogen-bond acceptors (Lipinski definition) is 2. The van der Waals surface area contributed by atoms with Gasteiger partial charge >= 0.3 is 0 Å². The van der Waals surface area contributed by atoms with Crippen molar-refractivity contribution in [2.24, 2.45) is 5.92 Å². The summed E-state index contributed by atoms with van der Waals surface area (Å²) in [4.78, 5) is 0. The predicted octanol–water partition coefficient (Wildman–Crippen LogP) is 2.40. The Morgan fingerprint density at radius 2 is 2.23 bits per heavy atom. The fourth-order valence-electron chi connectivity index (χ4n) is 1.41. The standard InChI is InChI=1S/C11H16N2/c1-8-3-2-4-10(11(8)12)13-7-9-5-6-9/h2-4,9,13H,5-7,12H2,1H3. The molecule has 70 valence electrons. The van der Waals surface area contributed by atoms with Crippen molar-refractivity contribution in [3.8, 4) is 0 Å². The molecule has 1 aromatic rings. The van der Waals surface area contributed by atoms with Gasteiger partial charge < -0.3 is 11.1 Å². The number of aryl methyl sites for hydroxylation is 1. The number of para-hydroxylation sites is 1. The maximum atomic E-state index is 5.93. The molecule has 0 unspecified atom stereocenters. The van der Waals surface area contributed by atoms with Crippen molar-refractivity contribution < 1.29 is 0 Å². The lowest BCUT2D eigenvalue weighted by Gasteiger charge is -2.10. The van der Waals surface area contributed by atoms with Crippen LogP contribution in [0, 0.1) is 12.8 Å². The number of hydrogen-bond donors (Lipinski definition) is 2. The molecule has 1 aromatic carbocycles. The van der Waals surface area contributed by atoms with Crippen LogP contribution in [-0.2, 0) is 0 Å². The van der Waals surface area contributed by atoms with Gasteiger partial charge in [0.25, 0.3) is 0 Å². The highest BCUT2D eigenvalue weighted by molar-refractivity contribution is 5.69. The Labute approximate surface area is 79.1 Å². The first-order valence-corrected chi connectivity index (χ1v) is 4.86. The Kier molecular flexibility index (Phi) is 2.13.